The molecule has 0 fully saturated rings. The van der Waals surface area contributed by atoms with Crippen LogP contribution in [0, 0.1) is 0 Å². The molecule has 25 heavy (non-hydrogen) atoms. The normalized spacial score (nSPS) is 15.8. The molecule has 0 saturated heterocycles. The van der Waals surface area contributed by atoms with Gasteiger partial charge in [0.2, 0.25) is 0 Å². The van der Waals surface area contributed by atoms with Gasteiger partial charge in [-0.25, -0.2) is 0 Å². The van der Waals surface area contributed by atoms with E-state index in [0.29, 0.717) is 24.6 Å². The van der Waals surface area contributed by atoms with E-state index in [0.717, 1.165) is 22.4 Å². The van der Waals surface area contributed by atoms with Crippen molar-refractivity contribution in [1.82, 2.24) is 5.32 Å². The van der Waals surface area contributed by atoms with Gasteiger partial charge in [-0.05, 0) is 48.7 Å². The van der Waals surface area contributed by atoms with Gasteiger partial charge >= 0.3 is 0 Å². The van der Waals surface area contributed by atoms with Crippen molar-refractivity contribution in [3.8, 4) is 5.75 Å². The third-order valence-corrected chi connectivity index (χ3v) is 4.27. The van der Waals surface area contributed by atoms with Crippen LogP contribution in [0.4, 0.5) is 0 Å². The molecule has 0 radical (unpaired) electrons. The number of hydrogen-bond donors (Lipinski definition) is 1. The lowest BCUT2D eigenvalue weighted by molar-refractivity contribution is -0.127. The van der Waals surface area contributed by atoms with E-state index < -0.39 is 6.10 Å². The van der Waals surface area contributed by atoms with Gasteiger partial charge in [-0.1, -0.05) is 35.9 Å². The second kappa shape index (κ2) is 7.89. The molecule has 1 amide bonds. The Morgan fingerprint density at radius 2 is 2.08 bits per heavy atom. The highest BCUT2D eigenvalue weighted by Crippen LogP contribution is 2.31. The molecule has 3 rings (SSSR count). The number of carbonyl (C=O) groups is 1. The van der Waals surface area contributed by atoms with E-state index in [1.807, 2.05) is 50.2 Å². The van der Waals surface area contributed by atoms with Gasteiger partial charge in [-0.15, -0.1) is 0 Å². The number of rotatable bonds is 6. The fourth-order valence-electron chi connectivity index (χ4n) is 2.76. The summed E-state index contributed by atoms with van der Waals surface area (Å²) in [7, 11) is 0. The fourth-order valence-corrected chi connectivity index (χ4v) is 2.95. The highest BCUT2D eigenvalue weighted by Gasteiger charge is 2.28. The Labute approximate surface area is 153 Å². The molecule has 0 aromatic heterocycles. The topological polar surface area (TPSA) is 47.6 Å². The molecule has 5 heteroatoms. The summed E-state index contributed by atoms with van der Waals surface area (Å²) in [5.74, 6) is 0.619. The zero-order chi connectivity index (χ0) is 17.8. The van der Waals surface area contributed by atoms with Gasteiger partial charge in [0, 0.05) is 18.0 Å². The summed E-state index contributed by atoms with van der Waals surface area (Å²) in [5, 5.41) is 3.60. The molecule has 1 atom stereocenters. The number of halogens is 1. The van der Waals surface area contributed by atoms with E-state index >= 15 is 0 Å². The van der Waals surface area contributed by atoms with Gasteiger partial charge in [0.15, 0.2) is 6.10 Å². The number of nitrogens with one attached hydrogen (secondary N) is 1. The third kappa shape index (κ3) is 4.74. The average molecular weight is 360 g/mol. The van der Waals surface area contributed by atoms with Crippen LogP contribution in [0.25, 0.3) is 0 Å². The van der Waals surface area contributed by atoms with E-state index in [2.05, 4.69) is 5.32 Å². The molecule has 2 aromatic carbocycles. The van der Waals surface area contributed by atoms with Crippen molar-refractivity contribution < 1.29 is 14.3 Å². The summed E-state index contributed by atoms with van der Waals surface area (Å²) < 4.78 is 11.3. The first kappa shape index (κ1) is 17.8. The second-order valence-electron chi connectivity index (χ2n) is 6.46. The molecule has 1 aliphatic rings. The Balaban J connectivity index is 1.54. The van der Waals surface area contributed by atoms with Crippen LogP contribution in [0.2, 0.25) is 5.02 Å². The Morgan fingerprint density at radius 3 is 2.88 bits per heavy atom. The molecule has 0 spiro atoms. The second-order valence-corrected chi connectivity index (χ2v) is 6.90. The maximum atomic E-state index is 12.4. The van der Waals surface area contributed by atoms with Gasteiger partial charge in [-0.2, -0.15) is 0 Å². The van der Waals surface area contributed by atoms with Crippen molar-refractivity contribution in [2.24, 2.45) is 0 Å². The first-order valence-corrected chi connectivity index (χ1v) is 8.81. The predicted molar refractivity (Wildman–Crippen MR) is 97.8 cm³/mol. The lowest BCUT2D eigenvalue weighted by Crippen LogP contribution is -2.37. The summed E-state index contributed by atoms with van der Waals surface area (Å²) in [5.41, 5.74) is 3.11. The molecular weight excluding hydrogens is 338 g/mol. The van der Waals surface area contributed by atoms with E-state index in [1.54, 1.807) is 6.07 Å². The van der Waals surface area contributed by atoms with Gasteiger partial charge in [-0.3, -0.25) is 4.79 Å². The quantitative estimate of drug-likeness (QED) is 0.851. The standard InChI is InChI=1S/C20H22ClNO3/c1-13(2)24-12-15-5-3-4-14(8-15)11-22-20(23)19-10-16-9-17(21)6-7-18(16)25-19/h3-9,13,19H,10-12H2,1-2H3,(H,22,23). The number of ether oxygens (including phenoxy) is 2. The third-order valence-electron chi connectivity index (χ3n) is 4.03. The molecule has 0 bridgehead atoms. The minimum atomic E-state index is -0.499. The predicted octanol–water partition coefficient (Wildman–Crippen LogP) is 3.88. The molecule has 2 aromatic rings. The lowest BCUT2D eigenvalue weighted by atomic mass is 10.1. The first-order chi connectivity index (χ1) is 12.0. The monoisotopic (exact) mass is 359 g/mol. The number of hydrogen-bond acceptors (Lipinski definition) is 3. The summed E-state index contributed by atoms with van der Waals surface area (Å²) in [6, 6.07) is 13.5. The molecule has 0 saturated carbocycles. The Kier molecular flexibility index (Phi) is 5.61. The minimum Gasteiger partial charge on any atom is -0.480 e. The molecule has 4 nitrogen and oxygen atoms in total. The highest BCUT2D eigenvalue weighted by molar-refractivity contribution is 6.30. The van der Waals surface area contributed by atoms with Crippen molar-refractivity contribution in [3.63, 3.8) is 0 Å². The number of carbonyl (C=O) groups excluding carboxylic acids is 1. The van der Waals surface area contributed by atoms with Crippen molar-refractivity contribution >= 4 is 17.5 Å². The Morgan fingerprint density at radius 1 is 1.28 bits per heavy atom. The first-order valence-electron chi connectivity index (χ1n) is 8.43. The fraction of sp³-hybridized carbons (Fsp3) is 0.350. The van der Waals surface area contributed by atoms with Crippen LogP contribution in [0.5, 0.6) is 5.75 Å². The van der Waals surface area contributed by atoms with Crippen LogP contribution in [0.15, 0.2) is 42.5 Å². The minimum absolute atomic E-state index is 0.115. The summed E-state index contributed by atoms with van der Waals surface area (Å²) in [4.78, 5) is 12.4. The van der Waals surface area contributed by atoms with Crippen LogP contribution in [0.1, 0.15) is 30.5 Å². The SMILES string of the molecule is CC(C)OCc1cccc(CNC(=O)C2Cc3cc(Cl)ccc3O2)c1. The highest BCUT2D eigenvalue weighted by atomic mass is 35.5. The van der Waals surface area contributed by atoms with E-state index in [-0.39, 0.29) is 12.0 Å². The van der Waals surface area contributed by atoms with Crippen molar-refractivity contribution in [2.45, 2.75) is 45.6 Å². The molecule has 1 N–H and O–H groups in total. The number of benzene rings is 2. The molecule has 1 aliphatic heterocycles. The molecule has 132 valence electrons. The van der Waals surface area contributed by atoms with E-state index in [4.69, 9.17) is 21.1 Å². The largest absolute Gasteiger partial charge is 0.480 e. The Bertz CT molecular complexity index is 760. The molecule has 1 unspecified atom stereocenters. The zero-order valence-electron chi connectivity index (χ0n) is 14.4. The summed E-state index contributed by atoms with van der Waals surface area (Å²) in [6.45, 7) is 5.06. The van der Waals surface area contributed by atoms with Crippen LogP contribution in [-0.2, 0) is 29.1 Å². The van der Waals surface area contributed by atoms with Crippen LogP contribution >= 0.6 is 11.6 Å². The maximum absolute atomic E-state index is 12.4. The summed E-state index contributed by atoms with van der Waals surface area (Å²) in [6.07, 6.45) is 0.239. The van der Waals surface area contributed by atoms with Gasteiger partial charge in [0.1, 0.15) is 5.75 Å². The number of fused-ring (bicyclic) bond motifs is 1. The van der Waals surface area contributed by atoms with E-state index in [1.165, 1.54) is 0 Å². The Hall–Kier alpha value is -2.04. The van der Waals surface area contributed by atoms with Gasteiger partial charge in [0.25, 0.3) is 5.91 Å². The maximum Gasteiger partial charge on any atom is 0.261 e. The summed E-state index contributed by atoms with van der Waals surface area (Å²) >= 11 is 5.99. The van der Waals surface area contributed by atoms with Gasteiger partial charge in [0.05, 0.1) is 12.7 Å². The van der Waals surface area contributed by atoms with Crippen LogP contribution in [0.3, 0.4) is 0 Å². The molecule has 1 heterocycles. The molecule has 0 aliphatic carbocycles. The van der Waals surface area contributed by atoms with Crippen LogP contribution in [-0.4, -0.2) is 18.1 Å². The van der Waals surface area contributed by atoms with Crippen LogP contribution < -0.4 is 10.1 Å². The van der Waals surface area contributed by atoms with E-state index in [9.17, 15) is 4.79 Å². The van der Waals surface area contributed by atoms with Crippen molar-refractivity contribution in [3.05, 3.63) is 64.2 Å². The smallest absolute Gasteiger partial charge is 0.261 e. The average Bonchev–Trinajstić information content (AvgIpc) is 3.01. The van der Waals surface area contributed by atoms with Crippen molar-refractivity contribution in [2.75, 3.05) is 0 Å². The zero-order valence-corrected chi connectivity index (χ0v) is 15.2. The van der Waals surface area contributed by atoms with Crippen molar-refractivity contribution in [1.29, 1.82) is 0 Å². The van der Waals surface area contributed by atoms with Gasteiger partial charge < -0.3 is 14.8 Å². The number of amides is 1. The lowest BCUT2D eigenvalue weighted by Gasteiger charge is -2.12. The molecular formula is C20H22ClNO3.